The van der Waals surface area contributed by atoms with E-state index in [0.29, 0.717) is 31.3 Å². The van der Waals surface area contributed by atoms with Crippen LogP contribution in [0.15, 0.2) is 53.3 Å². The fourth-order valence-corrected chi connectivity index (χ4v) is 4.79. The lowest BCUT2D eigenvalue weighted by atomic mass is 10.0. The van der Waals surface area contributed by atoms with Gasteiger partial charge in [-0.25, -0.2) is 9.07 Å². The van der Waals surface area contributed by atoms with Crippen molar-refractivity contribution in [2.75, 3.05) is 25.4 Å². The van der Waals surface area contributed by atoms with Crippen LogP contribution >= 0.6 is 0 Å². The van der Waals surface area contributed by atoms with Crippen LogP contribution in [-0.4, -0.2) is 53.0 Å². The van der Waals surface area contributed by atoms with Crippen LogP contribution in [-0.2, 0) is 16.5 Å². The van der Waals surface area contributed by atoms with Crippen LogP contribution in [0.4, 0.5) is 4.39 Å². The summed E-state index contributed by atoms with van der Waals surface area (Å²) in [6, 6.07) is 13.6. The molecule has 0 aliphatic carbocycles. The lowest BCUT2D eigenvalue weighted by Gasteiger charge is -2.20. The maximum absolute atomic E-state index is 13.3. The summed E-state index contributed by atoms with van der Waals surface area (Å²) in [5, 5.41) is 6.15. The summed E-state index contributed by atoms with van der Waals surface area (Å²) in [6.07, 6.45) is 2.69. The Bertz CT molecular complexity index is 1260. The number of likely N-dealkylation sites (tertiary alicyclic amines) is 1. The van der Waals surface area contributed by atoms with Crippen molar-refractivity contribution in [3.05, 3.63) is 76.0 Å². The Hall–Kier alpha value is -2.62. The summed E-state index contributed by atoms with van der Waals surface area (Å²) in [4.78, 5) is 15.3. The predicted octanol–water partition coefficient (Wildman–Crippen LogP) is 3.04. The molecule has 4 rings (SSSR count). The second-order valence-electron chi connectivity index (χ2n) is 8.26. The van der Waals surface area contributed by atoms with Gasteiger partial charge in [0.25, 0.3) is 15.7 Å². The molecule has 1 aliphatic rings. The van der Waals surface area contributed by atoms with Gasteiger partial charge in [0.1, 0.15) is 5.82 Å². The van der Waals surface area contributed by atoms with Crippen molar-refractivity contribution in [3.8, 4) is 0 Å². The van der Waals surface area contributed by atoms with E-state index in [9.17, 15) is 17.6 Å². The molecule has 2 aromatic carbocycles. The van der Waals surface area contributed by atoms with E-state index in [1.54, 1.807) is 22.9 Å². The molecule has 1 aliphatic heterocycles. The van der Waals surface area contributed by atoms with Gasteiger partial charge in [-0.3, -0.25) is 9.35 Å². The molecular formula is C23H26FN3O4S. The second-order valence-corrected chi connectivity index (χ2v) is 9.83. The fraction of sp³-hybridized carbons (Fsp3) is 0.391. The summed E-state index contributed by atoms with van der Waals surface area (Å²) >= 11 is 0. The molecule has 32 heavy (non-hydrogen) atoms. The van der Waals surface area contributed by atoms with E-state index in [0.717, 1.165) is 29.5 Å². The first-order valence-corrected chi connectivity index (χ1v) is 12.3. The summed E-state index contributed by atoms with van der Waals surface area (Å²) in [6.45, 7) is 1.59. The summed E-state index contributed by atoms with van der Waals surface area (Å²) in [7, 11) is -4.00. The van der Waals surface area contributed by atoms with Gasteiger partial charge in [-0.15, -0.1) is 0 Å². The normalized spacial score (nSPS) is 18.0. The zero-order chi connectivity index (χ0) is 22.7. The summed E-state index contributed by atoms with van der Waals surface area (Å²) in [5.41, 5.74) is 1.53. The van der Waals surface area contributed by atoms with Crippen LogP contribution in [0.3, 0.4) is 0 Å². The third-order valence-corrected chi connectivity index (χ3v) is 6.69. The Morgan fingerprint density at radius 1 is 1.03 bits per heavy atom. The lowest BCUT2D eigenvalue weighted by Crippen LogP contribution is -2.32. The minimum absolute atomic E-state index is 0.102. The van der Waals surface area contributed by atoms with Gasteiger partial charge < -0.3 is 4.90 Å². The quantitative estimate of drug-likeness (QED) is 0.570. The Labute approximate surface area is 186 Å². The molecule has 9 heteroatoms. The maximum atomic E-state index is 13.3. The Kier molecular flexibility index (Phi) is 6.68. The van der Waals surface area contributed by atoms with E-state index in [4.69, 9.17) is 9.65 Å². The summed E-state index contributed by atoms with van der Waals surface area (Å²) in [5.74, 6) is -0.596. The third kappa shape index (κ3) is 5.40. The molecule has 1 atom stereocenters. The zero-order valence-electron chi connectivity index (χ0n) is 17.7. The molecule has 0 saturated carbocycles. The average molecular weight is 460 g/mol. The number of rotatable bonds is 6. The topological polar surface area (TPSA) is 92.5 Å². The number of fused-ring (bicyclic) bond motifs is 1. The maximum Gasteiger partial charge on any atom is 0.274 e. The molecule has 1 saturated heterocycles. The van der Waals surface area contributed by atoms with Gasteiger partial charge in [0, 0.05) is 24.9 Å². The average Bonchev–Trinajstić information content (AvgIpc) is 3.01. The second kappa shape index (κ2) is 9.48. The molecular weight excluding hydrogens is 433 g/mol. The standard InChI is InChI=1S/C23H26FN3O4S/c24-18-9-7-17(8-10-18)16-22-20-5-1-2-6-21(20)23(28)27(25-22)19-4-3-12-26(13-11-19)14-15-32(29,30)31/h1-2,5-10,19H,3-4,11-16H2,(H,29,30,31). The van der Waals surface area contributed by atoms with Crippen molar-refractivity contribution in [1.82, 2.24) is 14.7 Å². The molecule has 0 amide bonds. The SMILES string of the molecule is O=c1c2ccccc2c(Cc2ccc(F)cc2)nn1C1CCCN(CCS(=O)(=O)O)CC1. The van der Waals surface area contributed by atoms with Crippen molar-refractivity contribution in [3.63, 3.8) is 0 Å². The molecule has 0 spiro atoms. The molecule has 0 radical (unpaired) electrons. The summed E-state index contributed by atoms with van der Waals surface area (Å²) < 4.78 is 46.1. The van der Waals surface area contributed by atoms with Gasteiger partial charge in [0.2, 0.25) is 0 Å². The number of aromatic nitrogens is 2. The van der Waals surface area contributed by atoms with E-state index >= 15 is 0 Å². The molecule has 1 unspecified atom stereocenters. The first-order chi connectivity index (χ1) is 15.3. The number of hydrogen-bond acceptors (Lipinski definition) is 5. The molecule has 170 valence electrons. The molecule has 1 aromatic heterocycles. The smallest absolute Gasteiger partial charge is 0.274 e. The van der Waals surface area contributed by atoms with Crippen LogP contribution in [0, 0.1) is 5.82 Å². The van der Waals surface area contributed by atoms with Crippen LogP contribution in [0.5, 0.6) is 0 Å². The third-order valence-electron chi connectivity index (χ3n) is 5.99. The van der Waals surface area contributed by atoms with Gasteiger partial charge in [-0.05, 0) is 49.6 Å². The van der Waals surface area contributed by atoms with Crippen molar-refractivity contribution in [2.45, 2.75) is 31.7 Å². The molecule has 0 bridgehead atoms. The number of nitrogens with zero attached hydrogens (tertiary/aromatic N) is 3. The van der Waals surface area contributed by atoms with E-state index in [-0.39, 0.29) is 29.7 Å². The Morgan fingerprint density at radius 2 is 1.75 bits per heavy atom. The Morgan fingerprint density at radius 3 is 2.47 bits per heavy atom. The minimum atomic E-state index is -4.00. The monoisotopic (exact) mass is 459 g/mol. The fourth-order valence-electron chi connectivity index (χ4n) is 4.30. The van der Waals surface area contributed by atoms with Gasteiger partial charge in [-0.1, -0.05) is 30.3 Å². The van der Waals surface area contributed by atoms with E-state index in [2.05, 4.69) is 0 Å². The zero-order valence-corrected chi connectivity index (χ0v) is 18.5. The molecule has 2 heterocycles. The first kappa shape index (κ1) is 22.6. The van der Waals surface area contributed by atoms with Crippen molar-refractivity contribution >= 4 is 20.9 Å². The molecule has 1 N–H and O–H groups in total. The van der Waals surface area contributed by atoms with Gasteiger partial charge in [0.15, 0.2) is 0 Å². The number of benzene rings is 2. The van der Waals surface area contributed by atoms with Gasteiger partial charge in [0.05, 0.1) is 22.9 Å². The van der Waals surface area contributed by atoms with Crippen LogP contribution in [0.1, 0.15) is 36.6 Å². The minimum Gasteiger partial charge on any atom is -0.302 e. The van der Waals surface area contributed by atoms with E-state index < -0.39 is 10.1 Å². The van der Waals surface area contributed by atoms with Crippen LogP contribution < -0.4 is 5.56 Å². The highest BCUT2D eigenvalue weighted by molar-refractivity contribution is 7.85. The van der Waals surface area contributed by atoms with Gasteiger partial charge >= 0.3 is 0 Å². The number of hydrogen-bond donors (Lipinski definition) is 1. The van der Waals surface area contributed by atoms with Gasteiger partial charge in [-0.2, -0.15) is 13.5 Å². The Balaban J connectivity index is 1.63. The van der Waals surface area contributed by atoms with Crippen LogP contribution in [0.25, 0.3) is 10.8 Å². The first-order valence-electron chi connectivity index (χ1n) is 10.7. The molecule has 3 aromatic rings. The van der Waals surface area contributed by atoms with Crippen molar-refractivity contribution in [2.24, 2.45) is 0 Å². The molecule has 1 fully saturated rings. The van der Waals surface area contributed by atoms with Crippen molar-refractivity contribution < 1.29 is 17.4 Å². The predicted molar refractivity (Wildman–Crippen MR) is 121 cm³/mol. The highest BCUT2D eigenvalue weighted by Gasteiger charge is 2.23. The van der Waals surface area contributed by atoms with Crippen molar-refractivity contribution in [1.29, 1.82) is 0 Å². The highest BCUT2D eigenvalue weighted by Crippen LogP contribution is 2.24. The van der Waals surface area contributed by atoms with E-state index in [1.165, 1.54) is 12.1 Å². The number of halogens is 1. The largest absolute Gasteiger partial charge is 0.302 e. The molecule has 7 nitrogen and oxygen atoms in total. The lowest BCUT2D eigenvalue weighted by molar-refractivity contribution is 0.291. The van der Waals surface area contributed by atoms with Crippen LogP contribution in [0.2, 0.25) is 0 Å². The van der Waals surface area contributed by atoms with E-state index in [1.807, 2.05) is 23.1 Å². The highest BCUT2D eigenvalue weighted by atomic mass is 32.2.